The second-order valence-electron chi connectivity index (χ2n) is 6.09. The molecule has 0 aliphatic carbocycles. The van der Waals surface area contributed by atoms with Gasteiger partial charge in [0.05, 0.1) is 25.4 Å². The standard InChI is InChI=1S/C18H29N3O3/c1-4-24-17-8-6-5-7-16(17)21-11-9-20(10-12-21)13-18(22)19-15(2)14-23-3/h5-8,15H,4,9-14H2,1-3H3,(H,19,22). The molecule has 0 aromatic heterocycles. The quantitative estimate of drug-likeness (QED) is 0.777. The van der Waals surface area contributed by atoms with Crippen LogP contribution in [0.3, 0.4) is 0 Å². The molecule has 1 unspecified atom stereocenters. The number of nitrogens with zero attached hydrogens (tertiary/aromatic N) is 2. The summed E-state index contributed by atoms with van der Waals surface area (Å²) in [6.07, 6.45) is 0. The zero-order chi connectivity index (χ0) is 17.4. The van der Waals surface area contributed by atoms with Gasteiger partial charge in [0.1, 0.15) is 5.75 Å². The van der Waals surface area contributed by atoms with Crippen molar-refractivity contribution in [1.82, 2.24) is 10.2 Å². The SMILES string of the molecule is CCOc1ccccc1N1CCN(CC(=O)NC(C)COC)CC1. The van der Waals surface area contributed by atoms with Crippen LogP contribution in [0.25, 0.3) is 0 Å². The molecule has 1 aliphatic rings. The normalized spacial score (nSPS) is 16.7. The number of carbonyl (C=O) groups excluding carboxylic acids is 1. The van der Waals surface area contributed by atoms with E-state index < -0.39 is 0 Å². The lowest BCUT2D eigenvalue weighted by Gasteiger charge is -2.36. The topological polar surface area (TPSA) is 54.0 Å². The summed E-state index contributed by atoms with van der Waals surface area (Å²) in [6, 6.07) is 8.18. The van der Waals surface area contributed by atoms with Crippen molar-refractivity contribution in [3.63, 3.8) is 0 Å². The Balaban J connectivity index is 1.82. The van der Waals surface area contributed by atoms with Gasteiger partial charge in [-0.1, -0.05) is 12.1 Å². The van der Waals surface area contributed by atoms with Gasteiger partial charge in [0.2, 0.25) is 5.91 Å². The Bertz CT molecular complexity index is 516. The third-order valence-electron chi connectivity index (χ3n) is 4.07. The maximum absolute atomic E-state index is 12.0. The van der Waals surface area contributed by atoms with Crippen LogP contribution in [0.5, 0.6) is 5.75 Å². The predicted molar refractivity (Wildman–Crippen MR) is 95.7 cm³/mol. The lowest BCUT2D eigenvalue weighted by molar-refractivity contribution is -0.123. The lowest BCUT2D eigenvalue weighted by atomic mass is 10.2. The molecule has 1 aromatic rings. The summed E-state index contributed by atoms with van der Waals surface area (Å²) in [5, 5.41) is 2.96. The molecule has 1 atom stereocenters. The second-order valence-corrected chi connectivity index (χ2v) is 6.09. The van der Waals surface area contributed by atoms with Crippen LogP contribution in [-0.2, 0) is 9.53 Å². The summed E-state index contributed by atoms with van der Waals surface area (Å²) < 4.78 is 10.8. The van der Waals surface area contributed by atoms with E-state index in [4.69, 9.17) is 9.47 Å². The van der Waals surface area contributed by atoms with Crippen molar-refractivity contribution in [2.75, 3.05) is 57.9 Å². The summed E-state index contributed by atoms with van der Waals surface area (Å²) in [5.74, 6) is 0.988. The van der Waals surface area contributed by atoms with Gasteiger partial charge >= 0.3 is 0 Å². The molecule has 1 aromatic carbocycles. The molecule has 0 radical (unpaired) electrons. The van der Waals surface area contributed by atoms with Crippen molar-refractivity contribution in [3.8, 4) is 5.75 Å². The molecule has 0 bridgehead atoms. The summed E-state index contributed by atoms with van der Waals surface area (Å²) in [7, 11) is 1.64. The van der Waals surface area contributed by atoms with E-state index in [1.165, 1.54) is 0 Å². The Morgan fingerprint density at radius 3 is 2.62 bits per heavy atom. The molecular weight excluding hydrogens is 306 g/mol. The number of ether oxygens (including phenoxy) is 2. The monoisotopic (exact) mass is 335 g/mol. The van der Waals surface area contributed by atoms with Crippen molar-refractivity contribution in [2.24, 2.45) is 0 Å². The average Bonchev–Trinajstić information content (AvgIpc) is 2.56. The fourth-order valence-corrected chi connectivity index (χ4v) is 2.96. The number of methoxy groups -OCH3 is 1. The van der Waals surface area contributed by atoms with E-state index >= 15 is 0 Å². The zero-order valence-electron chi connectivity index (χ0n) is 15.0. The molecule has 1 saturated heterocycles. The minimum Gasteiger partial charge on any atom is -0.492 e. The van der Waals surface area contributed by atoms with Gasteiger partial charge in [-0.2, -0.15) is 0 Å². The zero-order valence-corrected chi connectivity index (χ0v) is 15.0. The van der Waals surface area contributed by atoms with E-state index in [1.54, 1.807) is 7.11 Å². The van der Waals surface area contributed by atoms with E-state index in [1.807, 2.05) is 32.0 Å². The van der Waals surface area contributed by atoms with Crippen molar-refractivity contribution in [1.29, 1.82) is 0 Å². The highest BCUT2D eigenvalue weighted by Crippen LogP contribution is 2.28. The van der Waals surface area contributed by atoms with E-state index in [9.17, 15) is 4.79 Å². The molecule has 1 aliphatic heterocycles. The number of piperazine rings is 1. The van der Waals surface area contributed by atoms with Crippen LogP contribution in [0.1, 0.15) is 13.8 Å². The van der Waals surface area contributed by atoms with Gasteiger partial charge in [0, 0.05) is 39.3 Å². The van der Waals surface area contributed by atoms with Gasteiger partial charge in [-0.3, -0.25) is 9.69 Å². The molecular formula is C18H29N3O3. The number of anilines is 1. The Morgan fingerprint density at radius 1 is 1.25 bits per heavy atom. The van der Waals surface area contributed by atoms with E-state index in [-0.39, 0.29) is 11.9 Å². The first kappa shape index (κ1) is 18.5. The average molecular weight is 335 g/mol. The summed E-state index contributed by atoms with van der Waals surface area (Å²) in [4.78, 5) is 16.6. The van der Waals surface area contributed by atoms with Crippen LogP contribution in [0, 0.1) is 0 Å². The highest BCUT2D eigenvalue weighted by atomic mass is 16.5. The smallest absolute Gasteiger partial charge is 0.234 e. The largest absolute Gasteiger partial charge is 0.492 e. The van der Waals surface area contributed by atoms with Crippen molar-refractivity contribution >= 4 is 11.6 Å². The number of para-hydroxylation sites is 2. The van der Waals surface area contributed by atoms with Crippen molar-refractivity contribution < 1.29 is 14.3 Å². The van der Waals surface area contributed by atoms with Gasteiger partial charge in [-0.05, 0) is 26.0 Å². The van der Waals surface area contributed by atoms with Gasteiger partial charge in [0.15, 0.2) is 0 Å². The molecule has 6 nitrogen and oxygen atoms in total. The van der Waals surface area contributed by atoms with Gasteiger partial charge < -0.3 is 19.7 Å². The molecule has 1 amide bonds. The van der Waals surface area contributed by atoms with Crippen LogP contribution in [0.4, 0.5) is 5.69 Å². The molecule has 0 spiro atoms. The molecule has 1 N–H and O–H groups in total. The number of benzene rings is 1. The Kier molecular flexibility index (Phi) is 7.34. The molecule has 6 heteroatoms. The summed E-state index contributed by atoms with van der Waals surface area (Å²) >= 11 is 0. The van der Waals surface area contributed by atoms with Crippen LogP contribution >= 0.6 is 0 Å². The fraction of sp³-hybridized carbons (Fsp3) is 0.611. The van der Waals surface area contributed by atoms with Crippen molar-refractivity contribution in [3.05, 3.63) is 24.3 Å². The van der Waals surface area contributed by atoms with Crippen molar-refractivity contribution in [2.45, 2.75) is 19.9 Å². The number of carbonyl (C=O) groups is 1. The maximum atomic E-state index is 12.0. The first-order chi connectivity index (χ1) is 11.6. The van der Waals surface area contributed by atoms with Crippen LogP contribution in [-0.4, -0.2) is 69.9 Å². The molecule has 1 heterocycles. The van der Waals surface area contributed by atoms with Gasteiger partial charge in [0.25, 0.3) is 0 Å². The minimum atomic E-state index is 0.0434. The number of nitrogens with one attached hydrogen (secondary N) is 1. The number of hydrogen-bond donors (Lipinski definition) is 1. The third kappa shape index (κ3) is 5.39. The number of amides is 1. The summed E-state index contributed by atoms with van der Waals surface area (Å²) in [5.41, 5.74) is 1.14. The van der Waals surface area contributed by atoms with Crippen LogP contribution in [0.15, 0.2) is 24.3 Å². The maximum Gasteiger partial charge on any atom is 0.234 e. The Labute approximate surface area is 144 Å². The number of rotatable bonds is 8. The van der Waals surface area contributed by atoms with Crippen LogP contribution in [0.2, 0.25) is 0 Å². The lowest BCUT2D eigenvalue weighted by Crippen LogP contribution is -2.50. The first-order valence-corrected chi connectivity index (χ1v) is 8.61. The number of hydrogen-bond acceptors (Lipinski definition) is 5. The van der Waals surface area contributed by atoms with E-state index in [0.29, 0.717) is 19.8 Å². The van der Waals surface area contributed by atoms with E-state index in [2.05, 4.69) is 21.2 Å². The molecule has 1 fully saturated rings. The highest BCUT2D eigenvalue weighted by molar-refractivity contribution is 5.78. The highest BCUT2D eigenvalue weighted by Gasteiger charge is 2.21. The van der Waals surface area contributed by atoms with Gasteiger partial charge in [-0.15, -0.1) is 0 Å². The first-order valence-electron chi connectivity index (χ1n) is 8.61. The molecule has 24 heavy (non-hydrogen) atoms. The second kappa shape index (κ2) is 9.49. The molecule has 0 saturated carbocycles. The fourth-order valence-electron chi connectivity index (χ4n) is 2.96. The Morgan fingerprint density at radius 2 is 1.96 bits per heavy atom. The minimum absolute atomic E-state index is 0.0434. The predicted octanol–water partition coefficient (Wildman–Crippen LogP) is 1.36. The van der Waals surface area contributed by atoms with Crippen LogP contribution < -0.4 is 15.0 Å². The Hall–Kier alpha value is -1.79. The van der Waals surface area contributed by atoms with E-state index in [0.717, 1.165) is 37.6 Å². The summed E-state index contributed by atoms with van der Waals surface area (Å²) in [6.45, 7) is 9.11. The third-order valence-corrected chi connectivity index (χ3v) is 4.07. The molecule has 134 valence electrons. The van der Waals surface area contributed by atoms with Gasteiger partial charge in [-0.25, -0.2) is 0 Å². The molecule has 2 rings (SSSR count).